The highest BCUT2D eigenvalue weighted by atomic mass is 32.2. The monoisotopic (exact) mass is 203 g/mol. The number of carbonyl (C=O) groups is 1. The van der Waals surface area contributed by atoms with Gasteiger partial charge in [0.25, 0.3) is 0 Å². The molecular formula is C9H17NO2S. The minimum absolute atomic E-state index is 0.144. The summed E-state index contributed by atoms with van der Waals surface area (Å²) in [6.07, 6.45) is 2.31. The Kier molecular flexibility index (Phi) is 4.06. The standard InChI is InChI=1S/C9H17NO2S/c1-7(5-11)13-6-9(12)10(2)8-3-4-8/h7-8,11H,3-6H2,1-2H3. The maximum absolute atomic E-state index is 11.5. The Bertz CT molecular complexity index is 182. The Hall–Kier alpha value is -0.220. The minimum atomic E-state index is 0.144. The van der Waals surface area contributed by atoms with Crippen molar-refractivity contribution in [1.82, 2.24) is 4.90 Å². The van der Waals surface area contributed by atoms with Gasteiger partial charge >= 0.3 is 0 Å². The van der Waals surface area contributed by atoms with Gasteiger partial charge in [0.05, 0.1) is 12.4 Å². The normalized spacial score (nSPS) is 18.4. The van der Waals surface area contributed by atoms with Crippen molar-refractivity contribution in [2.24, 2.45) is 0 Å². The van der Waals surface area contributed by atoms with Crippen LogP contribution in [-0.4, -0.2) is 46.6 Å². The van der Waals surface area contributed by atoms with E-state index in [1.165, 1.54) is 11.8 Å². The van der Waals surface area contributed by atoms with Crippen molar-refractivity contribution >= 4 is 17.7 Å². The second-order valence-corrected chi connectivity index (χ2v) is 4.97. The van der Waals surface area contributed by atoms with Crippen molar-refractivity contribution in [2.75, 3.05) is 19.4 Å². The van der Waals surface area contributed by atoms with Gasteiger partial charge in [-0.25, -0.2) is 0 Å². The fourth-order valence-electron chi connectivity index (χ4n) is 1.03. The van der Waals surface area contributed by atoms with Gasteiger partial charge < -0.3 is 10.0 Å². The van der Waals surface area contributed by atoms with Crippen LogP contribution in [0.2, 0.25) is 0 Å². The van der Waals surface area contributed by atoms with E-state index in [-0.39, 0.29) is 17.8 Å². The molecule has 0 bridgehead atoms. The minimum Gasteiger partial charge on any atom is -0.395 e. The number of aliphatic hydroxyl groups excluding tert-OH is 1. The fraction of sp³-hybridized carbons (Fsp3) is 0.889. The van der Waals surface area contributed by atoms with Crippen LogP contribution in [0.4, 0.5) is 0 Å². The summed E-state index contributed by atoms with van der Waals surface area (Å²) in [6, 6.07) is 0.498. The molecule has 0 heterocycles. The molecule has 13 heavy (non-hydrogen) atoms. The number of aliphatic hydroxyl groups is 1. The summed E-state index contributed by atoms with van der Waals surface area (Å²) in [7, 11) is 1.87. The van der Waals surface area contributed by atoms with E-state index in [2.05, 4.69) is 0 Å². The van der Waals surface area contributed by atoms with Crippen LogP contribution in [0, 0.1) is 0 Å². The molecule has 76 valence electrons. The van der Waals surface area contributed by atoms with Crippen LogP contribution in [-0.2, 0) is 4.79 Å². The van der Waals surface area contributed by atoms with Gasteiger partial charge in [0, 0.05) is 18.3 Å². The number of nitrogens with zero attached hydrogens (tertiary/aromatic N) is 1. The first-order valence-electron chi connectivity index (χ1n) is 4.63. The average molecular weight is 203 g/mol. The van der Waals surface area contributed by atoms with E-state index in [9.17, 15) is 4.79 Å². The number of carbonyl (C=O) groups excluding carboxylic acids is 1. The van der Waals surface area contributed by atoms with Crippen molar-refractivity contribution in [3.63, 3.8) is 0 Å². The third-order valence-electron chi connectivity index (χ3n) is 2.24. The van der Waals surface area contributed by atoms with E-state index in [4.69, 9.17) is 5.11 Å². The van der Waals surface area contributed by atoms with E-state index in [1.54, 1.807) is 0 Å². The van der Waals surface area contributed by atoms with Gasteiger partial charge in [0.1, 0.15) is 0 Å². The zero-order valence-electron chi connectivity index (χ0n) is 8.19. The van der Waals surface area contributed by atoms with Gasteiger partial charge in [0.15, 0.2) is 0 Å². The third kappa shape index (κ3) is 3.56. The summed E-state index contributed by atoms with van der Waals surface area (Å²) < 4.78 is 0. The van der Waals surface area contributed by atoms with E-state index in [0.29, 0.717) is 11.8 Å². The highest BCUT2D eigenvalue weighted by molar-refractivity contribution is 8.00. The zero-order chi connectivity index (χ0) is 9.84. The molecule has 0 aliphatic heterocycles. The molecule has 0 aromatic heterocycles. The van der Waals surface area contributed by atoms with Crippen LogP contribution in [0.5, 0.6) is 0 Å². The van der Waals surface area contributed by atoms with Crippen LogP contribution >= 0.6 is 11.8 Å². The molecule has 0 radical (unpaired) electrons. The van der Waals surface area contributed by atoms with Gasteiger partial charge in [-0.05, 0) is 12.8 Å². The summed E-state index contributed by atoms with van der Waals surface area (Å²) in [5, 5.41) is 8.93. The summed E-state index contributed by atoms with van der Waals surface area (Å²) in [6.45, 7) is 2.07. The topological polar surface area (TPSA) is 40.5 Å². The van der Waals surface area contributed by atoms with Crippen molar-refractivity contribution in [3.8, 4) is 0 Å². The van der Waals surface area contributed by atoms with Crippen LogP contribution in [0.25, 0.3) is 0 Å². The first-order chi connectivity index (χ1) is 6.15. The Morgan fingerprint density at radius 3 is 2.77 bits per heavy atom. The lowest BCUT2D eigenvalue weighted by Gasteiger charge is -2.16. The number of amides is 1. The molecule has 0 saturated heterocycles. The van der Waals surface area contributed by atoms with Crippen molar-refractivity contribution in [2.45, 2.75) is 31.1 Å². The fourth-order valence-corrected chi connectivity index (χ4v) is 1.77. The molecule has 0 spiro atoms. The Morgan fingerprint density at radius 2 is 2.31 bits per heavy atom. The zero-order valence-corrected chi connectivity index (χ0v) is 9.01. The molecule has 1 rings (SSSR count). The number of hydrogen-bond acceptors (Lipinski definition) is 3. The molecule has 1 amide bonds. The molecule has 1 unspecified atom stereocenters. The van der Waals surface area contributed by atoms with Gasteiger partial charge in [-0.1, -0.05) is 6.92 Å². The van der Waals surface area contributed by atoms with Crippen LogP contribution in [0.1, 0.15) is 19.8 Å². The van der Waals surface area contributed by atoms with Crippen molar-refractivity contribution < 1.29 is 9.90 Å². The average Bonchev–Trinajstić information content (AvgIpc) is 2.95. The first kappa shape index (κ1) is 10.9. The summed E-state index contributed by atoms with van der Waals surface area (Å²) in [5.74, 6) is 0.683. The lowest BCUT2D eigenvalue weighted by Crippen LogP contribution is -2.30. The Morgan fingerprint density at radius 1 is 1.69 bits per heavy atom. The van der Waals surface area contributed by atoms with E-state index >= 15 is 0 Å². The van der Waals surface area contributed by atoms with Gasteiger partial charge in [-0.3, -0.25) is 4.79 Å². The smallest absolute Gasteiger partial charge is 0.232 e. The highest BCUT2D eigenvalue weighted by Crippen LogP contribution is 2.26. The number of thioether (sulfide) groups is 1. The molecule has 3 nitrogen and oxygen atoms in total. The molecule has 1 N–H and O–H groups in total. The molecule has 0 aromatic carbocycles. The maximum Gasteiger partial charge on any atom is 0.232 e. The summed E-state index contributed by atoms with van der Waals surface area (Å²) in [5.41, 5.74) is 0. The molecule has 1 fully saturated rings. The maximum atomic E-state index is 11.5. The first-order valence-corrected chi connectivity index (χ1v) is 5.68. The predicted octanol–water partition coefficient (Wildman–Crippen LogP) is 0.721. The largest absolute Gasteiger partial charge is 0.395 e. The lowest BCUT2D eigenvalue weighted by atomic mass is 10.5. The predicted molar refractivity (Wildman–Crippen MR) is 54.8 cm³/mol. The highest BCUT2D eigenvalue weighted by Gasteiger charge is 2.29. The molecule has 1 aliphatic carbocycles. The van der Waals surface area contributed by atoms with Gasteiger partial charge in [0.2, 0.25) is 5.91 Å². The number of hydrogen-bond donors (Lipinski definition) is 1. The van der Waals surface area contributed by atoms with Crippen molar-refractivity contribution in [1.29, 1.82) is 0 Å². The Balaban J connectivity index is 2.16. The van der Waals surface area contributed by atoms with Crippen molar-refractivity contribution in [3.05, 3.63) is 0 Å². The SMILES string of the molecule is CC(CO)SCC(=O)N(C)C1CC1. The quantitative estimate of drug-likeness (QED) is 0.716. The summed E-state index contributed by atoms with van der Waals surface area (Å²) >= 11 is 1.52. The van der Waals surface area contributed by atoms with E-state index in [1.807, 2.05) is 18.9 Å². The van der Waals surface area contributed by atoms with Crippen LogP contribution in [0.3, 0.4) is 0 Å². The van der Waals surface area contributed by atoms with E-state index in [0.717, 1.165) is 12.8 Å². The second-order valence-electron chi connectivity index (χ2n) is 3.54. The van der Waals surface area contributed by atoms with Crippen LogP contribution in [0.15, 0.2) is 0 Å². The van der Waals surface area contributed by atoms with Crippen LogP contribution < -0.4 is 0 Å². The Labute approximate surface area is 83.5 Å². The number of rotatable bonds is 5. The molecular weight excluding hydrogens is 186 g/mol. The lowest BCUT2D eigenvalue weighted by molar-refractivity contribution is -0.127. The second kappa shape index (κ2) is 4.86. The third-order valence-corrected chi connectivity index (χ3v) is 3.37. The molecule has 1 atom stereocenters. The molecule has 1 saturated carbocycles. The van der Waals surface area contributed by atoms with Gasteiger partial charge in [-0.2, -0.15) is 0 Å². The van der Waals surface area contributed by atoms with E-state index < -0.39 is 0 Å². The molecule has 4 heteroatoms. The molecule has 1 aliphatic rings. The summed E-state index contributed by atoms with van der Waals surface area (Å²) in [4.78, 5) is 13.3. The van der Waals surface area contributed by atoms with Gasteiger partial charge in [-0.15, -0.1) is 11.8 Å². The molecule has 0 aromatic rings.